The molecule has 1 saturated heterocycles. The lowest BCUT2D eigenvalue weighted by Gasteiger charge is -2.29. The summed E-state index contributed by atoms with van der Waals surface area (Å²) in [4.78, 5) is 40.8. The van der Waals surface area contributed by atoms with Crippen LogP contribution in [0, 0.1) is 5.82 Å². The highest BCUT2D eigenvalue weighted by atomic mass is 19.1. The Morgan fingerprint density at radius 1 is 1.14 bits per heavy atom. The molecular formula is C23H25FN2O3. The number of aryl methyl sites for hydroxylation is 1. The zero-order valence-corrected chi connectivity index (χ0v) is 16.9. The van der Waals surface area contributed by atoms with E-state index < -0.39 is 17.1 Å². The molecule has 1 aliphatic rings. The Morgan fingerprint density at radius 2 is 1.79 bits per heavy atom. The summed E-state index contributed by atoms with van der Waals surface area (Å²) in [5.41, 5.74) is 1.18. The van der Waals surface area contributed by atoms with Crippen molar-refractivity contribution in [3.8, 4) is 0 Å². The predicted molar refractivity (Wildman–Crippen MR) is 107 cm³/mol. The summed E-state index contributed by atoms with van der Waals surface area (Å²) in [6, 6.07) is 13.6. The van der Waals surface area contributed by atoms with Crippen LogP contribution in [-0.4, -0.2) is 41.6 Å². The Balaban J connectivity index is 1.85. The number of likely N-dealkylation sites (N-methyl/N-ethyl adjacent to an activating group) is 1. The maximum atomic E-state index is 13.9. The van der Waals surface area contributed by atoms with Gasteiger partial charge in [0.15, 0.2) is 0 Å². The molecule has 0 aromatic heterocycles. The number of hydrogen-bond donors (Lipinski definition) is 0. The van der Waals surface area contributed by atoms with Gasteiger partial charge in [0.25, 0.3) is 0 Å². The first-order valence-corrected chi connectivity index (χ1v) is 9.65. The second-order valence-corrected chi connectivity index (χ2v) is 7.62. The number of carbonyl (C=O) groups is 3. The second-order valence-electron chi connectivity index (χ2n) is 7.62. The van der Waals surface area contributed by atoms with E-state index in [2.05, 4.69) is 6.92 Å². The summed E-state index contributed by atoms with van der Waals surface area (Å²) in [5.74, 6) is -1.62. The molecule has 3 amide bonds. The second kappa shape index (κ2) is 8.15. The average Bonchev–Trinajstić information content (AvgIpc) is 2.93. The van der Waals surface area contributed by atoms with E-state index in [4.69, 9.17) is 0 Å². The van der Waals surface area contributed by atoms with E-state index in [9.17, 15) is 18.8 Å². The van der Waals surface area contributed by atoms with Crippen LogP contribution in [0.3, 0.4) is 0 Å². The monoisotopic (exact) mass is 396 g/mol. The molecule has 0 saturated carbocycles. The largest absolute Gasteiger partial charge is 0.341 e. The minimum atomic E-state index is -1.37. The van der Waals surface area contributed by atoms with E-state index >= 15 is 0 Å². The molecular weight excluding hydrogens is 371 g/mol. The van der Waals surface area contributed by atoms with Crippen molar-refractivity contribution in [2.75, 3.05) is 14.1 Å². The summed E-state index contributed by atoms with van der Waals surface area (Å²) in [6.07, 6.45) is 0.611. The van der Waals surface area contributed by atoms with Crippen molar-refractivity contribution >= 4 is 17.7 Å². The zero-order chi connectivity index (χ0) is 21.2. The van der Waals surface area contributed by atoms with Crippen LogP contribution in [0.4, 0.5) is 4.39 Å². The fourth-order valence-electron chi connectivity index (χ4n) is 3.77. The van der Waals surface area contributed by atoms with Crippen molar-refractivity contribution < 1.29 is 18.8 Å². The van der Waals surface area contributed by atoms with Gasteiger partial charge in [-0.15, -0.1) is 0 Å². The Bertz CT molecular complexity index is 941. The van der Waals surface area contributed by atoms with Crippen LogP contribution in [0.2, 0.25) is 0 Å². The standard InChI is InChI=1S/C23H25FN2O3/c1-4-16-8-10-17(11-9-16)15-25(2)20(27)13-23(14-21(28)26(3)22(23)29)18-6-5-7-19(24)12-18/h5-12H,4,13-15H2,1-3H3/t23-/m0/s1. The van der Waals surface area contributed by atoms with Crippen molar-refractivity contribution in [1.29, 1.82) is 0 Å². The summed E-state index contributed by atoms with van der Waals surface area (Å²) in [5, 5.41) is 0. The molecule has 2 aromatic carbocycles. The van der Waals surface area contributed by atoms with Crippen LogP contribution in [0.15, 0.2) is 48.5 Å². The van der Waals surface area contributed by atoms with Crippen LogP contribution < -0.4 is 0 Å². The molecule has 1 fully saturated rings. The van der Waals surface area contributed by atoms with Crippen LogP contribution in [0.25, 0.3) is 0 Å². The van der Waals surface area contributed by atoms with E-state index in [1.54, 1.807) is 13.1 Å². The third-order valence-electron chi connectivity index (χ3n) is 5.65. The molecule has 0 N–H and O–H groups in total. The van der Waals surface area contributed by atoms with Gasteiger partial charge in [-0.2, -0.15) is 0 Å². The number of hydrogen-bond acceptors (Lipinski definition) is 3. The highest BCUT2D eigenvalue weighted by Crippen LogP contribution is 2.40. The molecule has 6 heteroatoms. The van der Waals surface area contributed by atoms with Gasteiger partial charge in [-0.1, -0.05) is 43.3 Å². The number of imide groups is 1. The Morgan fingerprint density at radius 3 is 2.34 bits per heavy atom. The van der Waals surface area contributed by atoms with Crippen LogP contribution in [-0.2, 0) is 32.8 Å². The van der Waals surface area contributed by atoms with Gasteiger partial charge >= 0.3 is 0 Å². The molecule has 0 unspecified atom stereocenters. The lowest BCUT2D eigenvalue weighted by Crippen LogP contribution is -2.41. The van der Waals surface area contributed by atoms with Gasteiger partial charge in [0, 0.05) is 33.5 Å². The van der Waals surface area contributed by atoms with Gasteiger partial charge in [-0.05, 0) is 35.2 Å². The van der Waals surface area contributed by atoms with Crippen molar-refractivity contribution in [1.82, 2.24) is 9.80 Å². The third-order valence-corrected chi connectivity index (χ3v) is 5.65. The number of likely N-dealkylation sites (tertiary alicyclic amines) is 1. The summed E-state index contributed by atoms with van der Waals surface area (Å²) in [6.45, 7) is 2.47. The summed E-state index contributed by atoms with van der Waals surface area (Å²) < 4.78 is 13.9. The first kappa shape index (κ1) is 20.7. The number of nitrogens with zero attached hydrogens (tertiary/aromatic N) is 2. The van der Waals surface area contributed by atoms with Gasteiger partial charge in [0.05, 0.1) is 5.41 Å². The summed E-state index contributed by atoms with van der Waals surface area (Å²) in [7, 11) is 3.06. The highest BCUT2D eigenvalue weighted by Gasteiger charge is 2.52. The maximum Gasteiger partial charge on any atom is 0.240 e. The molecule has 3 rings (SSSR count). The topological polar surface area (TPSA) is 57.7 Å². The first-order valence-electron chi connectivity index (χ1n) is 9.65. The number of halogens is 1. The van der Waals surface area contributed by atoms with E-state index in [-0.39, 0.29) is 24.7 Å². The molecule has 1 aliphatic heterocycles. The zero-order valence-electron chi connectivity index (χ0n) is 16.9. The molecule has 0 radical (unpaired) electrons. The quantitative estimate of drug-likeness (QED) is 0.705. The molecule has 0 bridgehead atoms. The van der Waals surface area contributed by atoms with E-state index in [1.165, 1.54) is 35.7 Å². The van der Waals surface area contributed by atoms with E-state index in [0.717, 1.165) is 16.9 Å². The fourth-order valence-corrected chi connectivity index (χ4v) is 3.77. The van der Waals surface area contributed by atoms with Crippen molar-refractivity contribution in [3.05, 3.63) is 71.0 Å². The minimum Gasteiger partial charge on any atom is -0.341 e. The normalized spacial score (nSPS) is 19.0. The van der Waals surface area contributed by atoms with Crippen LogP contribution >= 0.6 is 0 Å². The molecule has 0 aliphatic carbocycles. The summed E-state index contributed by atoms with van der Waals surface area (Å²) >= 11 is 0. The predicted octanol–water partition coefficient (Wildman–Crippen LogP) is 3.06. The van der Waals surface area contributed by atoms with Crippen molar-refractivity contribution in [2.45, 2.75) is 38.1 Å². The molecule has 1 atom stereocenters. The average molecular weight is 396 g/mol. The number of carbonyl (C=O) groups excluding carboxylic acids is 3. The molecule has 5 nitrogen and oxygen atoms in total. The highest BCUT2D eigenvalue weighted by molar-refractivity contribution is 6.10. The minimum absolute atomic E-state index is 0.142. The molecule has 29 heavy (non-hydrogen) atoms. The van der Waals surface area contributed by atoms with Crippen LogP contribution in [0.1, 0.15) is 36.5 Å². The van der Waals surface area contributed by atoms with E-state index in [1.807, 2.05) is 24.3 Å². The van der Waals surface area contributed by atoms with Gasteiger partial charge in [0.2, 0.25) is 17.7 Å². The van der Waals surface area contributed by atoms with Gasteiger partial charge < -0.3 is 4.90 Å². The fraction of sp³-hybridized carbons (Fsp3) is 0.348. The smallest absolute Gasteiger partial charge is 0.240 e. The van der Waals surface area contributed by atoms with Crippen molar-refractivity contribution in [2.24, 2.45) is 0 Å². The third kappa shape index (κ3) is 4.06. The number of benzene rings is 2. The number of rotatable bonds is 6. The van der Waals surface area contributed by atoms with Crippen LogP contribution in [0.5, 0.6) is 0 Å². The van der Waals surface area contributed by atoms with Crippen molar-refractivity contribution in [3.63, 3.8) is 0 Å². The lowest BCUT2D eigenvalue weighted by molar-refractivity contribution is -0.141. The Hall–Kier alpha value is -3.02. The SMILES string of the molecule is CCc1ccc(CN(C)C(=O)C[C@@]2(c3cccc(F)c3)CC(=O)N(C)C2=O)cc1. The molecule has 1 heterocycles. The van der Waals surface area contributed by atoms with Gasteiger partial charge in [0.1, 0.15) is 5.82 Å². The van der Waals surface area contributed by atoms with Gasteiger partial charge in [-0.3, -0.25) is 19.3 Å². The molecule has 152 valence electrons. The maximum absolute atomic E-state index is 13.9. The molecule has 0 spiro atoms. The van der Waals surface area contributed by atoms with Gasteiger partial charge in [-0.25, -0.2) is 4.39 Å². The molecule has 2 aromatic rings. The lowest BCUT2D eigenvalue weighted by atomic mass is 9.75. The Labute approximate surface area is 170 Å². The van der Waals surface area contributed by atoms with E-state index in [0.29, 0.717) is 12.1 Å². The first-order chi connectivity index (χ1) is 13.8. The number of amides is 3. The Kier molecular flexibility index (Phi) is 5.82.